The van der Waals surface area contributed by atoms with Crippen LogP contribution in [0.15, 0.2) is 10.5 Å². The number of likely N-dealkylation sites (tertiary alicyclic amines) is 1. The van der Waals surface area contributed by atoms with E-state index in [-0.39, 0.29) is 0 Å². The van der Waals surface area contributed by atoms with Crippen LogP contribution in [0.2, 0.25) is 5.02 Å². The van der Waals surface area contributed by atoms with Crippen molar-refractivity contribution in [1.29, 1.82) is 0 Å². The van der Waals surface area contributed by atoms with Crippen LogP contribution < -0.4 is 5.32 Å². The second-order valence-corrected chi connectivity index (χ2v) is 4.94. The van der Waals surface area contributed by atoms with Crippen LogP contribution in [0.5, 0.6) is 0 Å². The second-order valence-electron chi connectivity index (χ2n) is 4.53. The van der Waals surface area contributed by atoms with E-state index in [2.05, 4.69) is 17.3 Å². The van der Waals surface area contributed by atoms with E-state index in [1.807, 2.05) is 13.1 Å². The minimum absolute atomic E-state index is 0.495. The van der Waals surface area contributed by atoms with Crippen molar-refractivity contribution in [2.24, 2.45) is 0 Å². The number of nitrogens with one attached hydrogen (secondary N) is 1. The first-order chi connectivity index (χ1) is 7.70. The van der Waals surface area contributed by atoms with Crippen molar-refractivity contribution in [1.82, 2.24) is 10.2 Å². The molecule has 0 unspecified atom stereocenters. The number of hydrogen-bond donors (Lipinski definition) is 1. The van der Waals surface area contributed by atoms with Crippen molar-refractivity contribution >= 4 is 11.6 Å². The van der Waals surface area contributed by atoms with E-state index in [1.54, 1.807) is 0 Å². The summed E-state index contributed by atoms with van der Waals surface area (Å²) in [7, 11) is 4.07. The Morgan fingerprint density at radius 3 is 2.81 bits per heavy atom. The number of nitrogens with zero attached hydrogens (tertiary/aromatic N) is 1. The predicted octanol–water partition coefficient (Wildman–Crippen LogP) is 2.46. The number of hydrogen-bond acceptors (Lipinski definition) is 3. The first-order valence-electron chi connectivity index (χ1n) is 5.82. The molecular weight excluding hydrogens is 224 g/mol. The summed E-state index contributed by atoms with van der Waals surface area (Å²) >= 11 is 6.22. The van der Waals surface area contributed by atoms with Gasteiger partial charge in [0, 0.05) is 5.92 Å². The molecule has 2 rings (SSSR count). The molecule has 4 heteroatoms. The molecule has 0 amide bonds. The molecule has 0 spiro atoms. The van der Waals surface area contributed by atoms with Gasteiger partial charge in [-0.05, 0) is 46.1 Å². The van der Waals surface area contributed by atoms with Gasteiger partial charge in [-0.25, -0.2) is 0 Å². The number of halogens is 1. The molecule has 0 aliphatic carbocycles. The summed E-state index contributed by atoms with van der Waals surface area (Å²) in [5, 5.41) is 3.87. The largest absolute Gasteiger partial charge is 0.463 e. The first-order valence-corrected chi connectivity index (χ1v) is 6.19. The van der Waals surface area contributed by atoms with Crippen LogP contribution in [-0.4, -0.2) is 32.1 Å². The van der Waals surface area contributed by atoms with E-state index in [0.717, 1.165) is 49.0 Å². The standard InChI is InChI=1S/C12H19ClN2O/c1-14-8-10-7-11(13)12(16-10)9-3-5-15(2)6-4-9/h7,9,14H,3-6,8H2,1-2H3. The molecule has 0 bridgehead atoms. The fourth-order valence-electron chi connectivity index (χ4n) is 2.24. The Kier molecular flexibility index (Phi) is 3.90. The molecule has 1 N–H and O–H groups in total. The minimum Gasteiger partial charge on any atom is -0.463 e. The molecule has 3 nitrogen and oxygen atoms in total. The summed E-state index contributed by atoms with van der Waals surface area (Å²) in [6.45, 7) is 3.00. The van der Waals surface area contributed by atoms with Crippen LogP contribution in [0.1, 0.15) is 30.3 Å². The molecule has 1 fully saturated rings. The van der Waals surface area contributed by atoms with Gasteiger partial charge in [-0.3, -0.25) is 0 Å². The van der Waals surface area contributed by atoms with Crippen LogP contribution in [0.25, 0.3) is 0 Å². The Bertz CT molecular complexity index is 343. The maximum Gasteiger partial charge on any atom is 0.125 e. The van der Waals surface area contributed by atoms with Gasteiger partial charge in [0.2, 0.25) is 0 Å². The van der Waals surface area contributed by atoms with E-state index < -0.39 is 0 Å². The molecule has 1 aromatic heterocycles. The molecule has 0 radical (unpaired) electrons. The Hall–Kier alpha value is -0.510. The summed E-state index contributed by atoms with van der Waals surface area (Å²) < 4.78 is 5.82. The normalized spacial score (nSPS) is 19.2. The predicted molar refractivity (Wildman–Crippen MR) is 66.0 cm³/mol. The number of piperidine rings is 1. The van der Waals surface area contributed by atoms with E-state index in [1.165, 1.54) is 0 Å². The van der Waals surface area contributed by atoms with Crippen LogP contribution in [-0.2, 0) is 6.54 Å². The third kappa shape index (κ3) is 2.59. The topological polar surface area (TPSA) is 28.4 Å². The maximum atomic E-state index is 6.22. The van der Waals surface area contributed by atoms with Gasteiger partial charge in [0.05, 0.1) is 11.6 Å². The van der Waals surface area contributed by atoms with Crippen molar-refractivity contribution < 1.29 is 4.42 Å². The molecule has 16 heavy (non-hydrogen) atoms. The maximum absolute atomic E-state index is 6.22. The van der Waals surface area contributed by atoms with E-state index >= 15 is 0 Å². The molecule has 1 aliphatic rings. The van der Waals surface area contributed by atoms with Crippen LogP contribution >= 0.6 is 11.6 Å². The zero-order chi connectivity index (χ0) is 11.5. The lowest BCUT2D eigenvalue weighted by atomic mass is 9.95. The minimum atomic E-state index is 0.495. The molecule has 1 aliphatic heterocycles. The van der Waals surface area contributed by atoms with Gasteiger partial charge in [0.25, 0.3) is 0 Å². The Morgan fingerprint density at radius 1 is 1.50 bits per heavy atom. The van der Waals surface area contributed by atoms with E-state index in [9.17, 15) is 0 Å². The SMILES string of the molecule is CNCc1cc(Cl)c(C2CCN(C)CC2)o1. The fraction of sp³-hybridized carbons (Fsp3) is 0.667. The Morgan fingerprint density at radius 2 is 2.19 bits per heavy atom. The van der Waals surface area contributed by atoms with Gasteiger partial charge in [-0.1, -0.05) is 11.6 Å². The molecule has 2 heterocycles. The molecule has 1 aromatic rings. The van der Waals surface area contributed by atoms with Crippen LogP contribution in [0.3, 0.4) is 0 Å². The zero-order valence-corrected chi connectivity index (χ0v) is 10.7. The lowest BCUT2D eigenvalue weighted by Crippen LogP contribution is -2.29. The molecule has 90 valence electrons. The van der Waals surface area contributed by atoms with Gasteiger partial charge in [0.15, 0.2) is 0 Å². The monoisotopic (exact) mass is 242 g/mol. The fourth-order valence-corrected chi connectivity index (χ4v) is 2.56. The molecule has 1 saturated heterocycles. The lowest BCUT2D eigenvalue weighted by molar-refractivity contribution is 0.238. The third-order valence-electron chi connectivity index (χ3n) is 3.20. The van der Waals surface area contributed by atoms with Crippen LogP contribution in [0.4, 0.5) is 0 Å². The first kappa shape index (κ1) is 12.0. The Labute approximate surface area is 102 Å². The molecule has 0 saturated carbocycles. The number of furan rings is 1. The lowest BCUT2D eigenvalue weighted by Gasteiger charge is -2.27. The zero-order valence-electron chi connectivity index (χ0n) is 9.92. The molecular formula is C12H19ClN2O. The average Bonchev–Trinajstić information content (AvgIpc) is 2.61. The second kappa shape index (κ2) is 5.21. The van der Waals surface area contributed by atoms with E-state index in [4.69, 9.17) is 16.0 Å². The summed E-state index contributed by atoms with van der Waals surface area (Å²) in [6, 6.07) is 1.94. The van der Waals surface area contributed by atoms with Gasteiger partial charge >= 0.3 is 0 Å². The van der Waals surface area contributed by atoms with Crippen molar-refractivity contribution in [2.75, 3.05) is 27.2 Å². The summed E-state index contributed by atoms with van der Waals surface area (Å²) in [6.07, 6.45) is 2.28. The quantitative estimate of drug-likeness (QED) is 0.883. The highest BCUT2D eigenvalue weighted by molar-refractivity contribution is 6.31. The highest BCUT2D eigenvalue weighted by Crippen LogP contribution is 2.34. The van der Waals surface area contributed by atoms with E-state index in [0.29, 0.717) is 5.92 Å². The van der Waals surface area contributed by atoms with Crippen molar-refractivity contribution in [3.8, 4) is 0 Å². The van der Waals surface area contributed by atoms with Crippen molar-refractivity contribution in [2.45, 2.75) is 25.3 Å². The van der Waals surface area contributed by atoms with Gasteiger partial charge in [-0.2, -0.15) is 0 Å². The van der Waals surface area contributed by atoms with Crippen molar-refractivity contribution in [3.05, 3.63) is 22.6 Å². The Balaban J connectivity index is 2.08. The molecule has 0 aromatic carbocycles. The van der Waals surface area contributed by atoms with Gasteiger partial charge in [-0.15, -0.1) is 0 Å². The summed E-state index contributed by atoms with van der Waals surface area (Å²) in [5.74, 6) is 2.41. The average molecular weight is 243 g/mol. The van der Waals surface area contributed by atoms with Gasteiger partial charge in [0.1, 0.15) is 11.5 Å². The van der Waals surface area contributed by atoms with Gasteiger partial charge < -0.3 is 14.6 Å². The van der Waals surface area contributed by atoms with Crippen LogP contribution in [0, 0.1) is 0 Å². The smallest absolute Gasteiger partial charge is 0.125 e. The highest BCUT2D eigenvalue weighted by atomic mass is 35.5. The summed E-state index contributed by atoms with van der Waals surface area (Å²) in [5.41, 5.74) is 0. The van der Waals surface area contributed by atoms with Crippen molar-refractivity contribution in [3.63, 3.8) is 0 Å². The highest BCUT2D eigenvalue weighted by Gasteiger charge is 2.24. The number of rotatable bonds is 3. The molecule has 0 atom stereocenters. The third-order valence-corrected chi connectivity index (χ3v) is 3.50. The summed E-state index contributed by atoms with van der Waals surface area (Å²) in [4.78, 5) is 2.35.